The van der Waals surface area contributed by atoms with E-state index in [-0.39, 0.29) is 28.0 Å². The Balaban J connectivity index is 1.60. The minimum atomic E-state index is -1.82. The first kappa shape index (κ1) is 25.9. The van der Waals surface area contributed by atoms with Crippen LogP contribution >= 0.6 is 0 Å². The zero-order valence-corrected chi connectivity index (χ0v) is 18.9. The van der Waals surface area contributed by atoms with Gasteiger partial charge < -0.3 is 49.3 Å². The SMILES string of the molecule is O=C(O)CC(=O)OC[C@H]1O[C@@H](Oc2ccc3occ(-c4ccc(O)cc4)c(=O)c3c2O)[C@H](O)[C@@H](O)[C@@H]1O. The Hall–Kier alpha value is -4.17. The number of aromatic hydroxyl groups is 2. The lowest BCUT2D eigenvalue weighted by molar-refractivity contribution is -0.278. The van der Waals surface area contributed by atoms with Crippen molar-refractivity contribution in [3.8, 4) is 28.4 Å². The summed E-state index contributed by atoms with van der Waals surface area (Å²) in [6.45, 7) is -0.666. The first-order chi connectivity index (χ1) is 17.6. The molecule has 4 rings (SSSR count). The summed E-state index contributed by atoms with van der Waals surface area (Å²) < 4.78 is 21.1. The smallest absolute Gasteiger partial charge is 0.317 e. The molecule has 3 aromatic rings. The summed E-state index contributed by atoms with van der Waals surface area (Å²) in [7, 11) is 0. The fraction of sp³-hybridized carbons (Fsp3) is 0.292. The highest BCUT2D eigenvalue weighted by atomic mass is 16.7. The van der Waals surface area contributed by atoms with Crippen molar-refractivity contribution in [1.82, 2.24) is 0 Å². The van der Waals surface area contributed by atoms with E-state index in [0.29, 0.717) is 5.56 Å². The Kier molecular flexibility index (Phi) is 7.31. The van der Waals surface area contributed by atoms with Gasteiger partial charge in [0.1, 0.15) is 60.4 Å². The van der Waals surface area contributed by atoms with Crippen molar-refractivity contribution in [2.45, 2.75) is 37.1 Å². The van der Waals surface area contributed by atoms with Gasteiger partial charge in [-0.25, -0.2) is 0 Å². The Morgan fingerprint density at radius 3 is 2.32 bits per heavy atom. The standard InChI is InChI=1S/C24H22O13/c25-11-3-1-10(2-4-11)12-8-34-13-5-6-14(20(30)18(13)19(12)29)36-24-23(33)22(32)21(31)15(37-24)9-35-17(28)7-16(26)27/h1-6,8,15,21-25,30-33H,7,9H2,(H,26,27)/t15-,21-,22+,23-,24-/m1/s1. The third-order valence-electron chi connectivity index (χ3n) is 5.67. The van der Waals surface area contributed by atoms with E-state index >= 15 is 0 Å². The molecule has 0 amide bonds. The van der Waals surface area contributed by atoms with Gasteiger partial charge in [-0.2, -0.15) is 0 Å². The van der Waals surface area contributed by atoms with Crippen molar-refractivity contribution in [3.63, 3.8) is 0 Å². The number of hydrogen-bond acceptors (Lipinski definition) is 12. The Morgan fingerprint density at radius 2 is 1.65 bits per heavy atom. The topological polar surface area (TPSA) is 213 Å². The predicted molar refractivity (Wildman–Crippen MR) is 122 cm³/mol. The van der Waals surface area contributed by atoms with Gasteiger partial charge in [-0.3, -0.25) is 14.4 Å². The number of carbonyl (C=O) groups is 2. The summed E-state index contributed by atoms with van der Waals surface area (Å²) in [5.41, 5.74) is -0.127. The Morgan fingerprint density at radius 1 is 0.946 bits per heavy atom. The molecular weight excluding hydrogens is 496 g/mol. The van der Waals surface area contributed by atoms with Crippen molar-refractivity contribution in [3.05, 3.63) is 52.9 Å². The first-order valence-corrected chi connectivity index (χ1v) is 10.9. The second-order valence-corrected chi connectivity index (χ2v) is 8.20. The summed E-state index contributed by atoms with van der Waals surface area (Å²) in [5.74, 6) is -3.56. The molecule has 1 aromatic heterocycles. The molecule has 0 spiro atoms. The molecule has 1 aliphatic heterocycles. The maximum atomic E-state index is 13.1. The molecule has 0 radical (unpaired) electrons. The Labute approximate surface area is 207 Å². The number of phenols is 2. The normalized spacial score (nSPS) is 23.5. The van der Waals surface area contributed by atoms with Crippen LogP contribution in [-0.2, 0) is 19.1 Å². The molecule has 0 bridgehead atoms. The number of carboxylic acid groups (broad SMARTS) is 1. The molecule has 0 aliphatic carbocycles. The van der Waals surface area contributed by atoms with Crippen LogP contribution in [0.4, 0.5) is 0 Å². The number of rotatable bonds is 7. The van der Waals surface area contributed by atoms with Crippen LogP contribution in [0.5, 0.6) is 17.2 Å². The average molecular weight is 518 g/mol. The highest BCUT2D eigenvalue weighted by Gasteiger charge is 2.45. The van der Waals surface area contributed by atoms with Gasteiger partial charge in [-0.1, -0.05) is 12.1 Å². The molecular formula is C24H22O13. The highest BCUT2D eigenvalue weighted by molar-refractivity contribution is 5.90. The van der Waals surface area contributed by atoms with Crippen LogP contribution in [0.2, 0.25) is 0 Å². The van der Waals surface area contributed by atoms with Gasteiger partial charge in [0, 0.05) is 0 Å². The maximum Gasteiger partial charge on any atom is 0.317 e. The molecule has 0 unspecified atom stereocenters. The lowest BCUT2D eigenvalue weighted by Crippen LogP contribution is -2.60. The van der Waals surface area contributed by atoms with Gasteiger partial charge in [0.05, 0.1) is 5.56 Å². The van der Waals surface area contributed by atoms with Gasteiger partial charge in [0.15, 0.2) is 11.5 Å². The summed E-state index contributed by atoms with van der Waals surface area (Å²) in [6.07, 6.45) is -8.23. The quantitative estimate of drug-likeness (QED) is 0.181. The summed E-state index contributed by atoms with van der Waals surface area (Å²) in [4.78, 5) is 35.2. The lowest BCUT2D eigenvalue weighted by Gasteiger charge is -2.39. The van der Waals surface area contributed by atoms with Crippen LogP contribution < -0.4 is 10.2 Å². The van der Waals surface area contributed by atoms with Gasteiger partial charge >= 0.3 is 11.9 Å². The number of aliphatic hydroxyl groups excluding tert-OH is 3. The number of fused-ring (bicyclic) bond motifs is 1. The van der Waals surface area contributed by atoms with E-state index < -0.39 is 66.9 Å². The van der Waals surface area contributed by atoms with E-state index in [1.807, 2.05) is 0 Å². The van der Waals surface area contributed by atoms with E-state index in [9.17, 15) is 39.9 Å². The molecule has 1 saturated heterocycles. The minimum absolute atomic E-state index is 0.0132. The van der Waals surface area contributed by atoms with Gasteiger partial charge in [0.2, 0.25) is 11.7 Å². The van der Waals surface area contributed by atoms with Crippen LogP contribution in [-0.4, -0.2) is 79.9 Å². The van der Waals surface area contributed by atoms with Crippen molar-refractivity contribution in [1.29, 1.82) is 0 Å². The zero-order chi connectivity index (χ0) is 26.9. The van der Waals surface area contributed by atoms with Crippen molar-refractivity contribution < 1.29 is 58.9 Å². The van der Waals surface area contributed by atoms with E-state index in [2.05, 4.69) is 0 Å². The van der Waals surface area contributed by atoms with Gasteiger partial charge in [0.25, 0.3) is 0 Å². The number of carbonyl (C=O) groups excluding carboxylic acids is 1. The summed E-state index contributed by atoms with van der Waals surface area (Å²) in [6, 6.07) is 8.24. The van der Waals surface area contributed by atoms with Gasteiger partial charge in [-0.05, 0) is 29.8 Å². The number of carboxylic acids is 1. The lowest BCUT2D eigenvalue weighted by atomic mass is 9.99. The van der Waals surface area contributed by atoms with Crippen molar-refractivity contribution >= 4 is 22.9 Å². The highest BCUT2D eigenvalue weighted by Crippen LogP contribution is 2.36. The number of hydrogen-bond donors (Lipinski definition) is 6. The molecule has 6 N–H and O–H groups in total. The van der Waals surface area contributed by atoms with Crippen molar-refractivity contribution in [2.75, 3.05) is 6.61 Å². The molecule has 2 aromatic carbocycles. The van der Waals surface area contributed by atoms with Crippen LogP contribution in [0.3, 0.4) is 0 Å². The van der Waals surface area contributed by atoms with Crippen LogP contribution in [0.1, 0.15) is 6.42 Å². The van der Waals surface area contributed by atoms with Crippen LogP contribution in [0.25, 0.3) is 22.1 Å². The zero-order valence-electron chi connectivity index (χ0n) is 18.9. The van der Waals surface area contributed by atoms with Crippen molar-refractivity contribution in [2.24, 2.45) is 0 Å². The number of phenolic OH excluding ortho intramolecular Hbond substituents is 2. The molecule has 1 fully saturated rings. The van der Waals surface area contributed by atoms with E-state index in [0.717, 1.165) is 0 Å². The van der Waals surface area contributed by atoms with E-state index in [1.165, 1.54) is 42.7 Å². The molecule has 0 saturated carbocycles. The second kappa shape index (κ2) is 10.4. The Bertz CT molecular complexity index is 1360. The molecule has 13 heteroatoms. The summed E-state index contributed by atoms with van der Waals surface area (Å²) in [5, 5.41) is 59.4. The number of aliphatic hydroxyl groups is 3. The maximum absolute atomic E-state index is 13.1. The monoisotopic (exact) mass is 518 g/mol. The number of ether oxygens (including phenoxy) is 3. The summed E-state index contributed by atoms with van der Waals surface area (Å²) >= 11 is 0. The predicted octanol–water partition coefficient (Wildman–Crippen LogP) is 0.0755. The van der Waals surface area contributed by atoms with Crippen LogP contribution in [0, 0.1) is 0 Å². The fourth-order valence-corrected chi connectivity index (χ4v) is 3.74. The first-order valence-electron chi connectivity index (χ1n) is 10.9. The molecule has 37 heavy (non-hydrogen) atoms. The fourth-order valence-electron chi connectivity index (χ4n) is 3.74. The number of esters is 1. The van der Waals surface area contributed by atoms with E-state index in [4.69, 9.17) is 23.7 Å². The largest absolute Gasteiger partial charge is 0.508 e. The third kappa shape index (κ3) is 5.34. The molecule has 2 heterocycles. The third-order valence-corrected chi connectivity index (χ3v) is 5.67. The molecule has 1 aliphatic rings. The van der Waals surface area contributed by atoms with Gasteiger partial charge in [-0.15, -0.1) is 0 Å². The van der Waals surface area contributed by atoms with Crippen LogP contribution in [0.15, 0.2) is 51.9 Å². The molecule has 5 atom stereocenters. The number of benzene rings is 2. The second-order valence-electron chi connectivity index (χ2n) is 8.20. The molecule has 13 nitrogen and oxygen atoms in total. The molecule has 196 valence electrons. The average Bonchev–Trinajstić information content (AvgIpc) is 2.85. The van der Waals surface area contributed by atoms with E-state index in [1.54, 1.807) is 0 Å². The number of aliphatic carboxylic acids is 1. The minimum Gasteiger partial charge on any atom is -0.508 e.